The molecule has 0 unspecified atom stereocenters. The van der Waals surface area contributed by atoms with Gasteiger partial charge in [0.05, 0.1) is 17.4 Å². The SMILES string of the molecule is Cc1ccc(O)c(NC(=S)NC(=O)c2cc(Br)ccc2OC(C)C)c1. The van der Waals surface area contributed by atoms with E-state index in [-0.39, 0.29) is 17.0 Å². The van der Waals surface area contributed by atoms with Crippen LogP contribution in [0.5, 0.6) is 11.5 Å². The lowest BCUT2D eigenvalue weighted by molar-refractivity contribution is 0.0972. The van der Waals surface area contributed by atoms with Crippen LogP contribution in [0.1, 0.15) is 29.8 Å². The smallest absolute Gasteiger partial charge is 0.261 e. The van der Waals surface area contributed by atoms with Gasteiger partial charge in [-0.2, -0.15) is 0 Å². The monoisotopic (exact) mass is 422 g/mol. The van der Waals surface area contributed by atoms with Crippen molar-refractivity contribution < 1.29 is 14.6 Å². The Kier molecular flexibility index (Phi) is 6.39. The van der Waals surface area contributed by atoms with Gasteiger partial charge in [0.25, 0.3) is 5.91 Å². The van der Waals surface area contributed by atoms with Crippen LogP contribution in [0.4, 0.5) is 5.69 Å². The highest BCUT2D eigenvalue weighted by atomic mass is 79.9. The minimum absolute atomic E-state index is 0.0495. The molecule has 0 saturated carbocycles. The highest BCUT2D eigenvalue weighted by Crippen LogP contribution is 2.25. The zero-order valence-electron chi connectivity index (χ0n) is 14.1. The van der Waals surface area contributed by atoms with Gasteiger partial charge in [0.15, 0.2) is 5.11 Å². The first-order valence-corrected chi connectivity index (χ1v) is 8.84. The summed E-state index contributed by atoms with van der Waals surface area (Å²) in [6.45, 7) is 5.66. The molecule has 5 nitrogen and oxygen atoms in total. The maximum Gasteiger partial charge on any atom is 0.261 e. The quantitative estimate of drug-likeness (QED) is 0.503. The zero-order valence-corrected chi connectivity index (χ0v) is 16.5. The van der Waals surface area contributed by atoms with Crippen LogP contribution in [-0.2, 0) is 0 Å². The van der Waals surface area contributed by atoms with Crippen molar-refractivity contribution in [3.63, 3.8) is 0 Å². The van der Waals surface area contributed by atoms with Crippen LogP contribution < -0.4 is 15.4 Å². The Labute approximate surface area is 160 Å². The number of carbonyl (C=O) groups is 1. The minimum Gasteiger partial charge on any atom is -0.506 e. The number of ether oxygens (including phenoxy) is 1. The van der Waals surface area contributed by atoms with E-state index in [1.54, 1.807) is 36.4 Å². The van der Waals surface area contributed by atoms with E-state index in [1.165, 1.54) is 0 Å². The molecule has 0 aliphatic heterocycles. The molecule has 2 rings (SSSR count). The third-order valence-electron chi connectivity index (χ3n) is 3.18. The maximum absolute atomic E-state index is 12.5. The lowest BCUT2D eigenvalue weighted by atomic mass is 10.2. The molecule has 2 aromatic rings. The molecular weight excluding hydrogens is 404 g/mol. The highest BCUT2D eigenvalue weighted by Gasteiger charge is 2.16. The zero-order chi connectivity index (χ0) is 18.6. The summed E-state index contributed by atoms with van der Waals surface area (Å²) in [6, 6.07) is 10.3. The largest absolute Gasteiger partial charge is 0.506 e. The van der Waals surface area contributed by atoms with Crippen LogP contribution in [-0.4, -0.2) is 22.2 Å². The van der Waals surface area contributed by atoms with Gasteiger partial charge in [0.2, 0.25) is 0 Å². The molecular formula is C18H19BrN2O3S. The average Bonchev–Trinajstić information content (AvgIpc) is 2.52. The molecule has 0 aromatic heterocycles. The van der Waals surface area contributed by atoms with Gasteiger partial charge in [0, 0.05) is 4.47 Å². The van der Waals surface area contributed by atoms with Gasteiger partial charge in [0.1, 0.15) is 11.5 Å². The number of phenolic OH excluding ortho intramolecular Hbond substituents is 1. The molecule has 0 saturated heterocycles. The average molecular weight is 423 g/mol. The molecule has 132 valence electrons. The lowest BCUT2D eigenvalue weighted by Gasteiger charge is -2.15. The summed E-state index contributed by atoms with van der Waals surface area (Å²) in [5, 5.41) is 15.4. The molecule has 0 atom stereocenters. The fourth-order valence-electron chi connectivity index (χ4n) is 2.11. The van der Waals surface area contributed by atoms with Gasteiger partial charge < -0.3 is 15.2 Å². The summed E-state index contributed by atoms with van der Waals surface area (Å²) in [7, 11) is 0. The number of aromatic hydroxyl groups is 1. The van der Waals surface area contributed by atoms with Crippen molar-refractivity contribution in [2.24, 2.45) is 0 Å². The van der Waals surface area contributed by atoms with Gasteiger partial charge in [-0.3, -0.25) is 10.1 Å². The first kappa shape index (κ1) is 19.2. The van der Waals surface area contributed by atoms with E-state index in [4.69, 9.17) is 17.0 Å². The van der Waals surface area contributed by atoms with E-state index in [2.05, 4.69) is 26.6 Å². The first-order chi connectivity index (χ1) is 11.8. The fourth-order valence-corrected chi connectivity index (χ4v) is 2.67. The molecule has 0 fully saturated rings. The predicted molar refractivity (Wildman–Crippen MR) is 106 cm³/mol. The lowest BCUT2D eigenvalue weighted by Crippen LogP contribution is -2.34. The highest BCUT2D eigenvalue weighted by molar-refractivity contribution is 9.10. The van der Waals surface area contributed by atoms with E-state index in [1.807, 2.05) is 20.8 Å². The number of carbonyl (C=O) groups excluding carboxylic acids is 1. The van der Waals surface area contributed by atoms with Gasteiger partial charge in [-0.1, -0.05) is 22.0 Å². The molecule has 25 heavy (non-hydrogen) atoms. The number of halogens is 1. The van der Waals surface area contributed by atoms with Crippen LogP contribution >= 0.6 is 28.1 Å². The molecule has 1 amide bonds. The number of rotatable bonds is 4. The van der Waals surface area contributed by atoms with Crippen molar-refractivity contribution in [1.82, 2.24) is 5.32 Å². The second-order valence-corrected chi connectivity index (χ2v) is 7.06. The van der Waals surface area contributed by atoms with E-state index < -0.39 is 5.91 Å². The summed E-state index contributed by atoms with van der Waals surface area (Å²) in [6.07, 6.45) is -0.0676. The maximum atomic E-state index is 12.5. The number of hydrogen-bond donors (Lipinski definition) is 3. The second kappa shape index (κ2) is 8.31. The van der Waals surface area contributed by atoms with Crippen molar-refractivity contribution in [3.8, 4) is 11.5 Å². The number of benzene rings is 2. The molecule has 0 heterocycles. The minimum atomic E-state index is -0.401. The van der Waals surface area contributed by atoms with Gasteiger partial charge in [-0.15, -0.1) is 0 Å². The van der Waals surface area contributed by atoms with Crippen molar-refractivity contribution in [2.45, 2.75) is 26.9 Å². The van der Waals surface area contributed by atoms with Crippen LogP contribution in [0.15, 0.2) is 40.9 Å². The van der Waals surface area contributed by atoms with Crippen molar-refractivity contribution in [1.29, 1.82) is 0 Å². The van der Waals surface area contributed by atoms with Crippen molar-refractivity contribution in [3.05, 3.63) is 52.0 Å². The molecule has 0 aliphatic rings. The Morgan fingerprint density at radius 2 is 1.96 bits per heavy atom. The van der Waals surface area contributed by atoms with Gasteiger partial charge in [-0.25, -0.2) is 0 Å². The Hall–Kier alpha value is -2.12. The molecule has 0 radical (unpaired) electrons. The Morgan fingerprint density at radius 1 is 1.24 bits per heavy atom. The van der Waals surface area contributed by atoms with Crippen molar-refractivity contribution >= 4 is 44.9 Å². The molecule has 0 aliphatic carbocycles. The third kappa shape index (κ3) is 5.44. The van der Waals surface area contributed by atoms with Crippen LogP contribution in [0.25, 0.3) is 0 Å². The van der Waals surface area contributed by atoms with E-state index in [0.717, 1.165) is 10.0 Å². The van der Waals surface area contributed by atoms with Crippen molar-refractivity contribution in [2.75, 3.05) is 5.32 Å². The molecule has 0 bridgehead atoms. The number of thiocarbonyl (C=S) groups is 1. The molecule has 2 aromatic carbocycles. The summed E-state index contributed by atoms with van der Waals surface area (Å²) < 4.78 is 6.42. The summed E-state index contributed by atoms with van der Waals surface area (Å²) in [5.41, 5.74) is 1.74. The number of hydrogen-bond acceptors (Lipinski definition) is 4. The molecule has 0 spiro atoms. The number of nitrogens with one attached hydrogen (secondary N) is 2. The van der Waals surface area contributed by atoms with Crippen LogP contribution in [0, 0.1) is 6.92 Å². The Morgan fingerprint density at radius 3 is 2.64 bits per heavy atom. The summed E-state index contributed by atoms with van der Waals surface area (Å²) in [5.74, 6) is 0.118. The third-order valence-corrected chi connectivity index (χ3v) is 3.87. The van der Waals surface area contributed by atoms with E-state index >= 15 is 0 Å². The van der Waals surface area contributed by atoms with E-state index in [0.29, 0.717) is 17.0 Å². The summed E-state index contributed by atoms with van der Waals surface area (Å²) >= 11 is 8.52. The first-order valence-electron chi connectivity index (χ1n) is 7.64. The van der Waals surface area contributed by atoms with E-state index in [9.17, 15) is 9.90 Å². The normalized spacial score (nSPS) is 10.4. The molecule has 3 N–H and O–H groups in total. The number of amides is 1. The van der Waals surface area contributed by atoms with Gasteiger partial charge >= 0.3 is 0 Å². The predicted octanol–water partition coefficient (Wildman–Crippen LogP) is 4.38. The number of phenols is 1. The molecule has 7 heteroatoms. The standard InChI is InChI=1S/C18H19BrN2O3S/c1-10(2)24-16-7-5-12(19)9-13(16)17(23)21-18(25)20-14-8-11(3)4-6-15(14)22/h4-10,22H,1-3H3,(H2,20,21,23,25). The number of aryl methyl sites for hydroxylation is 1. The Balaban J connectivity index is 2.15. The van der Waals surface area contributed by atoms with Crippen LogP contribution in [0.2, 0.25) is 0 Å². The second-order valence-electron chi connectivity index (χ2n) is 5.74. The fraction of sp³-hybridized carbons (Fsp3) is 0.222. The van der Waals surface area contributed by atoms with Crippen LogP contribution in [0.3, 0.4) is 0 Å². The summed E-state index contributed by atoms with van der Waals surface area (Å²) in [4.78, 5) is 12.5. The topological polar surface area (TPSA) is 70.6 Å². The van der Waals surface area contributed by atoms with Gasteiger partial charge in [-0.05, 0) is 68.9 Å². The number of anilines is 1. The Bertz CT molecular complexity index is 809.